The molecule has 0 amide bonds. The van der Waals surface area contributed by atoms with Crippen LogP contribution in [0.3, 0.4) is 0 Å². The molecule has 10 aromatic rings. The number of benzene rings is 7. The lowest BCUT2D eigenvalue weighted by Gasteiger charge is -2.32. The molecule has 242 valence electrons. The van der Waals surface area contributed by atoms with Crippen LogP contribution >= 0.6 is 11.3 Å². The summed E-state index contributed by atoms with van der Waals surface area (Å²) < 4.78 is 15.5. The zero-order valence-electron chi connectivity index (χ0n) is 27.3. The second-order valence-corrected chi connectivity index (χ2v) is 14.1. The molecule has 2 unspecified atom stereocenters. The first kappa shape index (κ1) is 28.6. The van der Waals surface area contributed by atoms with Crippen LogP contribution in [0.5, 0.6) is 0 Å². The van der Waals surface area contributed by atoms with Gasteiger partial charge in [0.05, 0.1) is 5.56 Å². The Hall–Kier alpha value is -6.21. The molecule has 1 aliphatic heterocycles. The van der Waals surface area contributed by atoms with E-state index in [-0.39, 0.29) is 12.3 Å². The first-order valence-corrected chi connectivity index (χ1v) is 18.0. The molecule has 0 bridgehead atoms. The van der Waals surface area contributed by atoms with Crippen molar-refractivity contribution in [2.45, 2.75) is 12.3 Å². The minimum Gasteiger partial charge on any atom is -0.455 e. The summed E-state index contributed by atoms with van der Waals surface area (Å²) in [6.45, 7) is 0. The predicted octanol–water partition coefficient (Wildman–Crippen LogP) is 11.9. The number of para-hydroxylation sites is 4. The summed E-state index contributed by atoms with van der Waals surface area (Å²) in [5, 5.41) is 14.6. The van der Waals surface area contributed by atoms with Gasteiger partial charge in [-0.15, -0.1) is 11.3 Å². The van der Waals surface area contributed by atoms with Crippen molar-refractivity contribution in [3.05, 3.63) is 168 Å². The van der Waals surface area contributed by atoms with Gasteiger partial charge in [0.25, 0.3) is 0 Å². The van der Waals surface area contributed by atoms with E-state index in [1.807, 2.05) is 41.7 Å². The van der Waals surface area contributed by atoms with Gasteiger partial charge in [0.15, 0.2) is 0 Å². The number of fused-ring (bicyclic) bond motifs is 9. The highest BCUT2D eigenvalue weighted by Gasteiger charge is 2.29. The van der Waals surface area contributed by atoms with E-state index in [1.165, 1.54) is 31.3 Å². The molecule has 0 saturated heterocycles. The lowest BCUT2D eigenvalue weighted by molar-refractivity contribution is 0.411. The summed E-state index contributed by atoms with van der Waals surface area (Å²) in [4.78, 5) is 5.27. The van der Waals surface area contributed by atoms with Crippen molar-refractivity contribution in [1.29, 1.82) is 0 Å². The smallest absolute Gasteiger partial charge is 0.146 e. The van der Waals surface area contributed by atoms with Gasteiger partial charge in [0, 0.05) is 58.4 Å². The van der Waals surface area contributed by atoms with Crippen molar-refractivity contribution in [3.8, 4) is 11.1 Å². The maximum atomic E-state index is 6.50. The summed E-state index contributed by atoms with van der Waals surface area (Å²) in [7, 11) is 0. The van der Waals surface area contributed by atoms with Crippen LogP contribution in [0.15, 0.2) is 165 Å². The maximum absolute atomic E-state index is 6.50. The molecule has 2 atom stereocenters. The van der Waals surface area contributed by atoms with Gasteiger partial charge in [-0.05, 0) is 23.8 Å². The van der Waals surface area contributed by atoms with Crippen LogP contribution in [0.25, 0.3) is 75.2 Å². The predicted molar refractivity (Wildman–Crippen MR) is 210 cm³/mol. The van der Waals surface area contributed by atoms with Gasteiger partial charge in [0.1, 0.15) is 40.5 Å². The van der Waals surface area contributed by atoms with Crippen LogP contribution in [0.1, 0.15) is 29.0 Å². The van der Waals surface area contributed by atoms with Crippen molar-refractivity contribution in [3.63, 3.8) is 0 Å². The first-order valence-electron chi connectivity index (χ1n) is 17.2. The lowest BCUT2D eigenvalue weighted by Crippen LogP contribution is -2.45. The Bertz CT molecular complexity index is 3010. The van der Waals surface area contributed by atoms with Crippen LogP contribution in [0.4, 0.5) is 0 Å². The molecule has 4 heterocycles. The van der Waals surface area contributed by atoms with Crippen molar-refractivity contribution in [1.82, 2.24) is 10.6 Å². The average molecular weight is 676 g/mol. The highest BCUT2D eigenvalue weighted by atomic mass is 32.1. The molecule has 0 radical (unpaired) electrons. The third-order valence-corrected chi connectivity index (χ3v) is 11.5. The fourth-order valence-corrected chi connectivity index (χ4v) is 9.21. The van der Waals surface area contributed by atoms with E-state index >= 15 is 0 Å². The maximum Gasteiger partial charge on any atom is 0.146 e. The lowest BCUT2D eigenvalue weighted by atomic mass is 9.99. The Morgan fingerprint density at radius 2 is 1.02 bits per heavy atom. The van der Waals surface area contributed by atoms with Crippen LogP contribution in [-0.4, -0.2) is 5.84 Å². The van der Waals surface area contributed by atoms with Crippen LogP contribution in [0.2, 0.25) is 0 Å². The molecule has 0 aliphatic carbocycles. The van der Waals surface area contributed by atoms with E-state index < -0.39 is 0 Å². The highest BCUT2D eigenvalue weighted by Crippen LogP contribution is 2.45. The van der Waals surface area contributed by atoms with Gasteiger partial charge < -0.3 is 14.2 Å². The van der Waals surface area contributed by atoms with Crippen molar-refractivity contribution in [2.24, 2.45) is 4.99 Å². The van der Waals surface area contributed by atoms with Crippen molar-refractivity contribution in [2.75, 3.05) is 0 Å². The number of aliphatic imine (C=N–C) groups is 1. The standard InChI is InChI=1S/C45H29N3O2S/c1-2-12-26(13-3-1)43-46-44(35-22-9-17-30-28-15-5-7-25-38(28)50-40(30)35)48-45(47-43)36-23-11-21-34-33-20-10-19-32(41(33)51-42(34)36)31-18-8-16-29-27-14-4-6-24-37(27)49-39(29)31/h1-25,43,45,47H,(H,46,48). The molecule has 1 aliphatic rings. The zero-order valence-corrected chi connectivity index (χ0v) is 28.1. The van der Waals surface area contributed by atoms with E-state index in [0.717, 1.165) is 66.4 Å². The summed E-state index contributed by atoms with van der Waals surface area (Å²) in [5.74, 6) is 0.799. The highest BCUT2D eigenvalue weighted by molar-refractivity contribution is 7.26. The summed E-state index contributed by atoms with van der Waals surface area (Å²) in [5.41, 5.74) is 9.03. The summed E-state index contributed by atoms with van der Waals surface area (Å²) in [6, 6.07) is 53.0. The fraction of sp³-hybridized carbons (Fsp3) is 0.0444. The van der Waals surface area contributed by atoms with E-state index in [2.05, 4.69) is 132 Å². The van der Waals surface area contributed by atoms with Gasteiger partial charge in [-0.25, -0.2) is 4.99 Å². The number of nitrogens with zero attached hydrogens (tertiary/aromatic N) is 1. The minimum atomic E-state index is -0.266. The molecule has 0 fully saturated rings. The van der Waals surface area contributed by atoms with Gasteiger partial charge in [-0.1, -0.05) is 133 Å². The molecule has 0 spiro atoms. The van der Waals surface area contributed by atoms with Crippen LogP contribution in [0, 0.1) is 0 Å². The number of nitrogens with one attached hydrogen (secondary N) is 2. The average Bonchev–Trinajstić information content (AvgIpc) is 3.89. The number of hydrogen-bond acceptors (Lipinski definition) is 6. The number of thiophene rings is 1. The van der Waals surface area contributed by atoms with Gasteiger partial charge in [0.2, 0.25) is 0 Å². The van der Waals surface area contributed by atoms with E-state index in [1.54, 1.807) is 0 Å². The van der Waals surface area contributed by atoms with Crippen LogP contribution in [-0.2, 0) is 0 Å². The monoisotopic (exact) mass is 675 g/mol. The third-order valence-electron chi connectivity index (χ3n) is 10.2. The Kier molecular flexibility index (Phi) is 6.26. The molecule has 11 rings (SSSR count). The second-order valence-electron chi connectivity index (χ2n) is 13.1. The first-order chi connectivity index (χ1) is 25.3. The summed E-state index contributed by atoms with van der Waals surface area (Å²) in [6.07, 6.45) is -0.487. The SMILES string of the molecule is c1ccc(C2N=C(c3cccc4c3oc3ccccc34)NC(c3cccc4c3sc3c(-c5cccc6c5oc5ccccc56)cccc34)N2)cc1. The van der Waals surface area contributed by atoms with Crippen LogP contribution < -0.4 is 10.6 Å². The molecule has 3 aromatic heterocycles. The van der Waals surface area contributed by atoms with E-state index in [4.69, 9.17) is 13.8 Å². The Morgan fingerprint density at radius 3 is 1.75 bits per heavy atom. The number of hydrogen-bond donors (Lipinski definition) is 2. The van der Waals surface area contributed by atoms with Crippen molar-refractivity contribution >= 4 is 81.2 Å². The van der Waals surface area contributed by atoms with E-state index in [0.29, 0.717) is 0 Å². The number of rotatable bonds is 4. The molecule has 7 aromatic carbocycles. The van der Waals surface area contributed by atoms with Gasteiger partial charge in [-0.3, -0.25) is 5.32 Å². The largest absolute Gasteiger partial charge is 0.455 e. The molecule has 51 heavy (non-hydrogen) atoms. The molecular weight excluding hydrogens is 647 g/mol. The minimum absolute atomic E-state index is 0.221. The molecule has 0 saturated carbocycles. The van der Waals surface area contributed by atoms with E-state index in [9.17, 15) is 0 Å². The second kappa shape index (κ2) is 11.2. The van der Waals surface area contributed by atoms with Crippen molar-refractivity contribution < 1.29 is 8.83 Å². The molecule has 5 nitrogen and oxygen atoms in total. The summed E-state index contributed by atoms with van der Waals surface area (Å²) >= 11 is 1.84. The topological polar surface area (TPSA) is 62.7 Å². The quantitative estimate of drug-likeness (QED) is 0.195. The number of amidine groups is 1. The van der Waals surface area contributed by atoms with Gasteiger partial charge >= 0.3 is 0 Å². The zero-order chi connectivity index (χ0) is 33.5. The molecule has 2 N–H and O–H groups in total. The Labute approximate surface area is 296 Å². The van der Waals surface area contributed by atoms with Gasteiger partial charge in [-0.2, -0.15) is 0 Å². The fourth-order valence-electron chi connectivity index (χ4n) is 7.84. The Morgan fingerprint density at radius 1 is 0.471 bits per heavy atom. The Balaban J connectivity index is 1.08. The molecule has 6 heteroatoms. The normalized spacial score (nSPS) is 16.4. The molecular formula is C45H29N3O2S. The number of furan rings is 2. The third kappa shape index (κ3) is 4.40.